The van der Waals surface area contributed by atoms with Gasteiger partial charge in [-0.3, -0.25) is 9.36 Å². The number of rotatable bonds is 6. The fourth-order valence-electron chi connectivity index (χ4n) is 3.95. The van der Waals surface area contributed by atoms with Gasteiger partial charge >= 0.3 is 0 Å². The third-order valence-electron chi connectivity index (χ3n) is 5.34. The van der Waals surface area contributed by atoms with Gasteiger partial charge in [-0.1, -0.05) is 39.0 Å². The van der Waals surface area contributed by atoms with E-state index in [0.717, 1.165) is 12.1 Å². The van der Waals surface area contributed by atoms with Crippen LogP contribution < -0.4 is 10.5 Å². The maximum absolute atomic E-state index is 13.4. The number of nitrogens with one attached hydrogen (secondary N) is 1. The van der Waals surface area contributed by atoms with Crippen molar-refractivity contribution in [2.24, 2.45) is 0 Å². The van der Waals surface area contributed by atoms with Gasteiger partial charge in [-0.05, 0) is 30.7 Å². The van der Waals surface area contributed by atoms with Crippen molar-refractivity contribution in [2.45, 2.75) is 33.7 Å². The number of benzene rings is 1. The van der Waals surface area contributed by atoms with Crippen LogP contribution in [0.1, 0.15) is 38.6 Å². The summed E-state index contributed by atoms with van der Waals surface area (Å²) in [5.41, 5.74) is 2.18. The standard InChI is InChI=1S/C23H20N8O.C2H6/c1-2-10-29(22-20-16(12-24)13-25-21(20)26-15-27-22)14-19-28-30-11-6-9-18(30)23(32)31(19)17-7-4-3-5-8-17;1-2/h3-9,11,13,15H,2,10,14H2,1H3,(H,25,26,27);1-2H3. The van der Waals surface area contributed by atoms with Gasteiger partial charge in [-0.25, -0.2) is 14.5 Å². The maximum Gasteiger partial charge on any atom is 0.282 e. The van der Waals surface area contributed by atoms with E-state index in [9.17, 15) is 10.1 Å². The Labute approximate surface area is 196 Å². The number of nitrogens with zero attached hydrogens (tertiary/aromatic N) is 7. The number of aromatic amines is 1. The van der Waals surface area contributed by atoms with Gasteiger partial charge in [0.15, 0.2) is 5.82 Å². The molecule has 5 rings (SSSR count). The number of fused-ring (bicyclic) bond motifs is 2. The fraction of sp³-hybridized carbons (Fsp3) is 0.240. The third-order valence-corrected chi connectivity index (χ3v) is 5.34. The maximum atomic E-state index is 13.4. The molecule has 9 nitrogen and oxygen atoms in total. The molecule has 0 radical (unpaired) electrons. The van der Waals surface area contributed by atoms with Crippen LogP contribution >= 0.6 is 0 Å². The highest BCUT2D eigenvalue weighted by molar-refractivity contribution is 5.92. The van der Waals surface area contributed by atoms with Crippen molar-refractivity contribution in [1.29, 1.82) is 5.26 Å². The number of anilines is 1. The van der Waals surface area contributed by atoms with Gasteiger partial charge < -0.3 is 9.88 Å². The van der Waals surface area contributed by atoms with Gasteiger partial charge in [0.25, 0.3) is 5.56 Å². The van der Waals surface area contributed by atoms with Crippen LogP contribution in [-0.4, -0.2) is 35.7 Å². The Bertz CT molecular complexity index is 1510. The van der Waals surface area contributed by atoms with E-state index >= 15 is 0 Å². The molecule has 0 aliphatic carbocycles. The fourth-order valence-corrected chi connectivity index (χ4v) is 3.95. The minimum atomic E-state index is -0.144. The monoisotopic (exact) mass is 454 g/mol. The number of para-hydroxylation sites is 1. The van der Waals surface area contributed by atoms with E-state index in [0.29, 0.717) is 46.8 Å². The zero-order chi connectivity index (χ0) is 24.1. The van der Waals surface area contributed by atoms with Gasteiger partial charge in [0, 0.05) is 18.9 Å². The summed E-state index contributed by atoms with van der Waals surface area (Å²) in [6, 6.07) is 15.2. The molecule has 9 heteroatoms. The summed E-state index contributed by atoms with van der Waals surface area (Å²) in [7, 11) is 0. The summed E-state index contributed by atoms with van der Waals surface area (Å²) in [5, 5.41) is 15.0. The molecule has 172 valence electrons. The molecule has 0 unspecified atom stereocenters. The number of nitriles is 1. The van der Waals surface area contributed by atoms with Crippen LogP contribution in [0.2, 0.25) is 0 Å². The van der Waals surface area contributed by atoms with Crippen LogP contribution in [0, 0.1) is 11.3 Å². The Morgan fingerprint density at radius 2 is 1.91 bits per heavy atom. The SMILES string of the molecule is CC.CCCN(Cc1nn2cccc2c(=O)n1-c1ccccc1)c1ncnc2[nH]cc(C#N)c12. The largest absolute Gasteiger partial charge is 0.348 e. The average molecular weight is 455 g/mol. The molecule has 0 amide bonds. The molecular weight excluding hydrogens is 428 g/mol. The Balaban J connectivity index is 0.00000133. The smallest absolute Gasteiger partial charge is 0.282 e. The Kier molecular flexibility index (Phi) is 6.69. The lowest BCUT2D eigenvalue weighted by molar-refractivity contribution is 0.667. The van der Waals surface area contributed by atoms with Crippen LogP contribution in [0.15, 0.2) is 66.0 Å². The molecule has 34 heavy (non-hydrogen) atoms. The first kappa shape index (κ1) is 22.7. The molecule has 1 N–H and O–H groups in total. The van der Waals surface area contributed by atoms with E-state index < -0.39 is 0 Å². The van der Waals surface area contributed by atoms with E-state index in [1.54, 1.807) is 33.6 Å². The summed E-state index contributed by atoms with van der Waals surface area (Å²) in [5.74, 6) is 1.20. The molecule has 0 saturated carbocycles. The molecule has 0 atom stereocenters. The Morgan fingerprint density at radius 3 is 2.65 bits per heavy atom. The predicted octanol–water partition coefficient (Wildman–Crippen LogP) is 4.07. The molecule has 1 aromatic carbocycles. The molecule has 0 aliphatic heterocycles. The van der Waals surface area contributed by atoms with Crippen molar-refractivity contribution in [2.75, 3.05) is 11.4 Å². The Hall–Kier alpha value is -4.45. The second kappa shape index (κ2) is 10.0. The molecule has 0 bridgehead atoms. The molecular formula is C25H26N8O. The molecule has 0 spiro atoms. The topological polar surface area (TPSA) is 108 Å². The van der Waals surface area contributed by atoms with E-state index in [2.05, 4.69) is 27.9 Å². The Morgan fingerprint density at radius 1 is 1.12 bits per heavy atom. The lowest BCUT2D eigenvalue weighted by atomic mass is 10.2. The third kappa shape index (κ3) is 4.01. The summed E-state index contributed by atoms with van der Waals surface area (Å²) < 4.78 is 3.24. The van der Waals surface area contributed by atoms with E-state index in [1.807, 2.05) is 49.1 Å². The van der Waals surface area contributed by atoms with Crippen LogP contribution in [0.5, 0.6) is 0 Å². The lowest BCUT2D eigenvalue weighted by Gasteiger charge is -2.25. The second-order valence-corrected chi connectivity index (χ2v) is 7.39. The molecule has 0 saturated heterocycles. The summed E-state index contributed by atoms with van der Waals surface area (Å²) in [6.45, 7) is 7.06. The highest BCUT2D eigenvalue weighted by Crippen LogP contribution is 2.27. The van der Waals surface area contributed by atoms with Crippen molar-refractivity contribution in [1.82, 2.24) is 29.1 Å². The highest BCUT2D eigenvalue weighted by atomic mass is 16.1. The highest BCUT2D eigenvalue weighted by Gasteiger charge is 2.20. The molecule has 4 heterocycles. The number of hydrogen-bond donors (Lipinski definition) is 1. The number of H-pyrrole nitrogens is 1. The normalized spacial score (nSPS) is 10.6. The first-order valence-electron chi connectivity index (χ1n) is 11.3. The zero-order valence-corrected chi connectivity index (χ0v) is 19.4. The molecule has 5 aromatic rings. The van der Waals surface area contributed by atoms with Crippen LogP contribution in [0.25, 0.3) is 22.2 Å². The van der Waals surface area contributed by atoms with Crippen molar-refractivity contribution in [3.05, 3.63) is 82.9 Å². The van der Waals surface area contributed by atoms with E-state index in [-0.39, 0.29) is 5.56 Å². The van der Waals surface area contributed by atoms with Crippen molar-refractivity contribution < 1.29 is 0 Å². The van der Waals surface area contributed by atoms with Crippen LogP contribution in [0.3, 0.4) is 0 Å². The van der Waals surface area contributed by atoms with Gasteiger partial charge in [0.1, 0.15) is 29.4 Å². The minimum Gasteiger partial charge on any atom is -0.348 e. The van der Waals surface area contributed by atoms with Crippen molar-refractivity contribution in [3.8, 4) is 11.8 Å². The van der Waals surface area contributed by atoms with E-state index in [1.165, 1.54) is 6.33 Å². The predicted molar refractivity (Wildman–Crippen MR) is 132 cm³/mol. The zero-order valence-electron chi connectivity index (χ0n) is 19.4. The van der Waals surface area contributed by atoms with Crippen molar-refractivity contribution >= 4 is 22.4 Å². The van der Waals surface area contributed by atoms with Gasteiger partial charge in [-0.15, -0.1) is 0 Å². The van der Waals surface area contributed by atoms with Crippen LogP contribution in [-0.2, 0) is 6.54 Å². The molecule has 0 aliphatic rings. The second-order valence-electron chi connectivity index (χ2n) is 7.39. The molecule has 4 aromatic heterocycles. The summed E-state index contributed by atoms with van der Waals surface area (Å²) >= 11 is 0. The molecule has 0 fully saturated rings. The van der Waals surface area contributed by atoms with Crippen molar-refractivity contribution in [3.63, 3.8) is 0 Å². The first-order valence-corrected chi connectivity index (χ1v) is 11.3. The summed E-state index contributed by atoms with van der Waals surface area (Å²) in [4.78, 5) is 27.2. The van der Waals surface area contributed by atoms with Gasteiger partial charge in [-0.2, -0.15) is 10.4 Å². The van der Waals surface area contributed by atoms with Crippen LogP contribution in [0.4, 0.5) is 5.82 Å². The van der Waals surface area contributed by atoms with Gasteiger partial charge in [0.2, 0.25) is 0 Å². The minimum absolute atomic E-state index is 0.144. The average Bonchev–Trinajstić information content (AvgIpc) is 3.53. The summed E-state index contributed by atoms with van der Waals surface area (Å²) in [6.07, 6.45) is 5.73. The van der Waals surface area contributed by atoms with E-state index in [4.69, 9.17) is 5.10 Å². The number of hydrogen-bond acceptors (Lipinski definition) is 6. The lowest BCUT2D eigenvalue weighted by Crippen LogP contribution is -2.32. The number of aromatic nitrogens is 6. The van der Waals surface area contributed by atoms with Gasteiger partial charge in [0.05, 0.1) is 23.2 Å². The quantitative estimate of drug-likeness (QED) is 0.414. The first-order chi connectivity index (χ1) is 16.7.